The number of fused-ring (bicyclic) bond motifs is 2. The van der Waals surface area contributed by atoms with Crippen LogP contribution in [0.2, 0.25) is 0 Å². The summed E-state index contributed by atoms with van der Waals surface area (Å²) in [6.45, 7) is 0.759. The number of carbonyl (C=O) groups is 4. The van der Waals surface area contributed by atoms with E-state index in [1.54, 1.807) is 29.0 Å². The molecule has 14 heteroatoms. The summed E-state index contributed by atoms with van der Waals surface area (Å²) in [5.74, 6) is -0.339. The molecule has 1 saturated carbocycles. The van der Waals surface area contributed by atoms with Crippen molar-refractivity contribution in [1.29, 1.82) is 0 Å². The van der Waals surface area contributed by atoms with Crippen LogP contribution in [0.4, 0.5) is 0 Å². The van der Waals surface area contributed by atoms with E-state index in [-0.39, 0.29) is 10.8 Å². The van der Waals surface area contributed by atoms with Crippen molar-refractivity contribution in [2.45, 2.75) is 12.8 Å². The fourth-order valence-corrected chi connectivity index (χ4v) is 5.75. The molecule has 1 aliphatic carbocycles. The van der Waals surface area contributed by atoms with Crippen molar-refractivity contribution in [2.75, 3.05) is 6.54 Å². The lowest BCUT2D eigenvalue weighted by molar-refractivity contribution is 0.0701. The van der Waals surface area contributed by atoms with Crippen LogP contribution in [0, 0.1) is 5.92 Å². The van der Waals surface area contributed by atoms with Crippen molar-refractivity contribution in [3.63, 3.8) is 0 Å². The SMILES string of the molecule is O=Cc1cnn2ccc(-c3ccc(C(=O)NCC4CC4)s3)nc12.O=Cc1cnn2ccc(-c3ccc(C(=O)O)s3)nc12. The highest BCUT2D eigenvalue weighted by molar-refractivity contribution is 7.17. The molecule has 0 radical (unpaired) electrons. The number of nitrogens with zero attached hydrogens (tertiary/aromatic N) is 6. The number of thiophene rings is 2. The molecule has 0 atom stereocenters. The molecule has 1 amide bonds. The second kappa shape index (κ2) is 11.4. The first kappa shape index (κ1) is 27.1. The maximum absolute atomic E-state index is 12.1. The van der Waals surface area contributed by atoms with Crippen LogP contribution in [-0.2, 0) is 0 Å². The first-order valence-corrected chi connectivity index (χ1v) is 14.4. The number of nitrogens with one attached hydrogen (secondary N) is 1. The van der Waals surface area contributed by atoms with E-state index in [0.717, 1.165) is 39.6 Å². The predicted molar refractivity (Wildman–Crippen MR) is 155 cm³/mol. The van der Waals surface area contributed by atoms with E-state index in [1.165, 1.54) is 47.2 Å². The van der Waals surface area contributed by atoms with Crippen LogP contribution >= 0.6 is 22.7 Å². The van der Waals surface area contributed by atoms with Crippen LogP contribution < -0.4 is 5.32 Å². The summed E-state index contributed by atoms with van der Waals surface area (Å²) < 4.78 is 3.06. The number of carboxylic acid groups (broad SMARTS) is 1. The third-order valence-electron chi connectivity index (χ3n) is 6.45. The summed E-state index contributed by atoms with van der Waals surface area (Å²) in [5, 5.41) is 19.9. The summed E-state index contributed by atoms with van der Waals surface area (Å²) in [5.41, 5.74) is 3.17. The third kappa shape index (κ3) is 5.57. The molecule has 1 fully saturated rings. The standard InChI is InChI=1S/C16H14N4O2S.C12H7N3O3S/c21-9-11-8-18-20-6-5-12(19-15(11)20)13-3-4-14(23-13)16(22)17-7-10-1-2-10;16-6-7-5-13-15-4-3-8(14-11(7)15)9-1-2-10(19-9)12(17)18/h3-6,8-10H,1-2,7H2,(H,17,22);1-6H,(H,17,18). The average molecular weight is 600 g/mol. The lowest BCUT2D eigenvalue weighted by Crippen LogP contribution is -2.24. The van der Waals surface area contributed by atoms with Crippen LogP contribution in [0.5, 0.6) is 0 Å². The van der Waals surface area contributed by atoms with Crippen molar-refractivity contribution in [2.24, 2.45) is 5.92 Å². The Hall–Kier alpha value is -5.08. The number of carbonyl (C=O) groups excluding carboxylic acids is 3. The number of hydrogen-bond donors (Lipinski definition) is 2. The van der Waals surface area contributed by atoms with Gasteiger partial charge in [0.05, 0.1) is 49.5 Å². The number of carboxylic acids is 1. The van der Waals surface area contributed by atoms with Gasteiger partial charge in [0.25, 0.3) is 5.91 Å². The maximum atomic E-state index is 12.1. The smallest absolute Gasteiger partial charge is 0.345 e. The molecule has 0 unspecified atom stereocenters. The van der Waals surface area contributed by atoms with Gasteiger partial charge in [-0.05, 0) is 55.2 Å². The van der Waals surface area contributed by atoms with Gasteiger partial charge in [-0.25, -0.2) is 23.8 Å². The van der Waals surface area contributed by atoms with Gasteiger partial charge in [0, 0.05) is 18.9 Å². The van der Waals surface area contributed by atoms with Gasteiger partial charge in [-0.3, -0.25) is 14.4 Å². The van der Waals surface area contributed by atoms with Gasteiger partial charge < -0.3 is 10.4 Å². The van der Waals surface area contributed by atoms with Gasteiger partial charge in [0.2, 0.25) is 0 Å². The molecule has 6 aromatic rings. The Morgan fingerprint density at radius 2 is 1.36 bits per heavy atom. The molecule has 0 bridgehead atoms. The predicted octanol–water partition coefficient (Wildman–Crippen LogP) is 4.38. The summed E-state index contributed by atoms with van der Waals surface area (Å²) >= 11 is 2.54. The lowest BCUT2D eigenvalue weighted by atomic mass is 10.3. The van der Waals surface area contributed by atoms with Crippen molar-refractivity contribution < 1.29 is 24.3 Å². The van der Waals surface area contributed by atoms with Crippen LogP contribution in [0.3, 0.4) is 0 Å². The van der Waals surface area contributed by atoms with E-state index in [4.69, 9.17) is 5.11 Å². The molecule has 210 valence electrons. The number of amides is 1. The Labute approximate surface area is 245 Å². The Morgan fingerprint density at radius 3 is 1.83 bits per heavy atom. The third-order valence-corrected chi connectivity index (χ3v) is 8.65. The van der Waals surface area contributed by atoms with Gasteiger partial charge >= 0.3 is 5.97 Å². The number of aldehydes is 2. The second-order valence-electron chi connectivity index (χ2n) is 9.38. The fourth-order valence-electron chi connectivity index (χ4n) is 4.05. The molecule has 1 aliphatic rings. The van der Waals surface area contributed by atoms with E-state index in [9.17, 15) is 19.2 Å². The van der Waals surface area contributed by atoms with Crippen LogP contribution in [0.25, 0.3) is 32.4 Å². The van der Waals surface area contributed by atoms with Crippen molar-refractivity contribution in [3.8, 4) is 21.1 Å². The maximum Gasteiger partial charge on any atom is 0.345 e. The minimum Gasteiger partial charge on any atom is -0.477 e. The topological polar surface area (TPSA) is 161 Å². The number of aromatic nitrogens is 6. The number of hydrogen-bond acceptors (Lipinski definition) is 10. The molecule has 7 rings (SSSR count). The van der Waals surface area contributed by atoms with Crippen molar-refractivity contribution >= 4 is 58.4 Å². The first-order valence-electron chi connectivity index (χ1n) is 12.7. The summed E-state index contributed by atoms with van der Waals surface area (Å²) in [6.07, 6.45) is 10.2. The fraction of sp³-hybridized carbons (Fsp3) is 0.143. The molecule has 2 N–H and O–H groups in total. The number of rotatable bonds is 8. The van der Waals surface area contributed by atoms with E-state index in [2.05, 4.69) is 25.5 Å². The average Bonchev–Trinajstić information content (AvgIpc) is 3.45. The number of aromatic carboxylic acids is 1. The Balaban J connectivity index is 0.000000153. The van der Waals surface area contributed by atoms with E-state index in [1.807, 2.05) is 18.2 Å². The zero-order chi connectivity index (χ0) is 29.2. The van der Waals surface area contributed by atoms with E-state index < -0.39 is 5.97 Å². The van der Waals surface area contributed by atoms with Crippen LogP contribution in [0.15, 0.2) is 61.2 Å². The first-order chi connectivity index (χ1) is 20.4. The lowest BCUT2D eigenvalue weighted by Gasteiger charge is -2.01. The molecule has 6 heterocycles. The Morgan fingerprint density at radius 1 is 0.833 bits per heavy atom. The molecule has 6 aromatic heterocycles. The molecule has 0 saturated heterocycles. The van der Waals surface area contributed by atoms with E-state index in [0.29, 0.717) is 45.2 Å². The molecule has 0 spiro atoms. The highest BCUT2D eigenvalue weighted by Crippen LogP contribution is 2.30. The minimum absolute atomic E-state index is 0.0350. The quantitative estimate of drug-likeness (QED) is 0.242. The molecule has 0 aliphatic heterocycles. The Bertz CT molecular complexity index is 1970. The molecule has 0 aromatic carbocycles. The highest BCUT2D eigenvalue weighted by Gasteiger charge is 2.22. The second-order valence-corrected chi connectivity index (χ2v) is 11.6. The van der Waals surface area contributed by atoms with E-state index >= 15 is 0 Å². The molecular weight excluding hydrogens is 578 g/mol. The summed E-state index contributed by atoms with van der Waals surface area (Å²) in [6, 6.07) is 10.5. The summed E-state index contributed by atoms with van der Waals surface area (Å²) in [7, 11) is 0. The minimum atomic E-state index is -0.963. The van der Waals surface area contributed by atoms with Gasteiger partial charge in [-0.15, -0.1) is 22.7 Å². The van der Waals surface area contributed by atoms with Gasteiger partial charge in [-0.2, -0.15) is 10.2 Å². The van der Waals surface area contributed by atoms with Crippen molar-refractivity contribution in [1.82, 2.24) is 34.5 Å². The van der Waals surface area contributed by atoms with Crippen molar-refractivity contribution in [3.05, 3.63) is 82.1 Å². The van der Waals surface area contributed by atoms with Gasteiger partial charge in [-0.1, -0.05) is 0 Å². The molecule has 42 heavy (non-hydrogen) atoms. The highest BCUT2D eigenvalue weighted by atomic mass is 32.1. The van der Waals surface area contributed by atoms with Crippen LogP contribution in [-0.4, -0.2) is 65.3 Å². The summed E-state index contributed by atoms with van der Waals surface area (Å²) in [4.78, 5) is 56.2. The van der Waals surface area contributed by atoms with Gasteiger partial charge in [0.1, 0.15) is 4.88 Å². The van der Waals surface area contributed by atoms with Gasteiger partial charge in [0.15, 0.2) is 23.9 Å². The monoisotopic (exact) mass is 599 g/mol. The molecular formula is C28H21N7O5S2. The molecule has 12 nitrogen and oxygen atoms in total. The Kier molecular flexibility index (Phi) is 7.37. The zero-order valence-corrected chi connectivity index (χ0v) is 23.3. The zero-order valence-electron chi connectivity index (χ0n) is 21.7. The van der Waals surface area contributed by atoms with Crippen LogP contribution in [0.1, 0.15) is 52.9 Å². The normalized spacial score (nSPS) is 12.6. The largest absolute Gasteiger partial charge is 0.477 e.